The molecule has 0 aliphatic carbocycles. The Balaban J connectivity index is 0.00000361. The van der Waals surface area contributed by atoms with Gasteiger partial charge in [0.1, 0.15) is 5.75 Å². The van der Waals surface area contributed by atoms with E-state index < -0.39 is 12.0 Å². The molecule has 194 valence electrons. The third-order valence-corrected chi connectivity index (χ3v) is 6.13. The van der Waals surface area contributed by atoms with Crippen LogP contribution in [0.25, 0.3) is 5.69 Å². The van der Waals surface area contributed by atoms with E-state index in [1.165, 1.54) is 13.2 Å². The van der Waals surface area contributed by atoms with Crippen molar-refractivity contribution in [2.24, 2.45) is 0 Å². The lowest BCUT2D eigenvalue weighted by molar-refractivity contribution is -0.146. The molecule has 0 bridgehead atoms. The second kappa shape index (κ2) is 11.6. The average molecular weight is 526 g/mol. The molecule has 1 saturated heterocycles. The lowest BCUT2D eigenvalue weighted by Crippen LogP contribution is -2.51. The van der Waals surface area contributed by atoms with Gasteiger partial charge < -0.3 is 20.3 Å². The number of ether oxygens (including phenoxy) is 1. The first-order valence-electron chi connectivity index (χ1n) is 11.1. The molecule has 1 aliphatic heterocycles. The van der Waals surface area contributed by atoms with Crippen LogP contribution in [0.2, 0.25) is 0 Å². The number of aromatic nitrogens is 4. The maximum atomic E-state index is 13.3. The summed E-state index contributed by atoms with van der Waals surface area (Å²) in [7, 11) is 3.11. The van der Waals surface area contributed by atoms with Crippen LogP contribution in [0.3, 0.4) is 0 Å². The van der Waals surface area contributed by atoms with Gasteiger partial charge in [0.2, 0.25) is 0 Å². The standard InChI is InChI=1S/C23H26F3N7O2.ClH/c1-27-22(34)32-11-10-19(18(14-32)15-6-4-3-5-7-15)28-13-16-12-17(8-9-20(16)35-2)33-21(23(24,25)26)29-30-31-33;/h3-9,12,18-19,28H,10-11,13-14H2,1-2H3,(H,27,34);1H/t18-,19-;/m1./s1. The minimum absolute atomic E-state index is 0. The maximum absolute atomic E-state index is 13.3. The van der Waals surface area contributed by atoms with Gasteiger partial charge in [0, 0.05) is 44.2 Å². The van der Waals surface area contributed by atoms with Gasteiger partial charge >= 0.3 is 12.2 Å². The van der Waals surface area contributed by atoms with Crippen LogP contribution in [0.1, 0.15) is 29.3 Å². The number of hydrogen-bond acceptors (Lipinski definition) is 6. The number of amides is 2. The summed E-state index contributed by atoms with van der Waals surface area (Å²) in [5.41, 5.74) is 1.94. The zero-order valence-corrected chi connectivity index (χ0v) is 20.5. The van der Waals surface area contributed by atoms with Crippen molar-refractivity contribution in [1.82, 2.24) is 35.7 Å². The molecule has 0 radical (unpaired) electrons. The molecule has 2 N–H and O–H groups in total. The van der Waals surface area contributed by atoms with E-state index in [-0.39, 0.29) is 36.1 Å². The van der Waals surface area contributed by atoms with E-state index in [2.05, 4.69) is 26.2 Å². The smallest absolute Gasteiger partial charge is 0.453 e. The molecule has 2 amide bonds. The summed E-state index contributed by atoms with van der Waals surface area (Å²) in [5, 5.41) is 16.0. The number of tetrazole rings is 1. The van der Waals surface area contributed by atoms with E-state index in [4.69, 9.17) is 4.74 Å². The highest BCUT2D eigenvalue weighted by molar-refractivity contribution is 5.85. The summed E-state index contributed by atoms with van der Waals surface area (Å²) in [6.07, 6.45) is -3.98. The van der Waals surface area contributed by atoms with E-state index in [0.29, 0.717) is 42.0 Å². The summed E-state index contributed by atoms with van der Waals surface area (Å²) in [5.74, 6) is -0.637. The molecule has 2 aromatic carbocycles. The fourth-order valence-corrected chi connectivity index (χ4v) is 4.39. The summed E-state index contributed by atoms with van der Waals surface area (Å²) in [4.78, 5) is 14.0. The van der Waals surface area contributed by atoms with Crippen molar-refractivity contribution >= 4 is 18.4 Å². The number of halogens is 4. The molecule has 0 unspecified atom stereocenters. The summed E-state index contributed by atoms with van der Waals surface area (Å²) >= 11 is 0. The van der Waals surface area contributed by atoms with Crippen molar-refractivity contribution < 1.29 is 22.7 Å². The van der Waals surface area contributed by atoms with Crippen LogP contribution in [0.5, 0.6) is 5.75 Å². The van der Waals surface area contributed by atoms with Crippen molar-refractivity contribution in [2.75, 3.05) is 27.2 Å². The lowest BCUT2D eigenvalue weighted by atomic mass is 9.86. The SMILES string of the molecule is CNC(=O)N1CC[C@@H](NCc2cc(-n3nnnc3C(F)(F)F)ccc2OC)[C@@H](c2ccccc2)C1.Cl. The number of benzene rings is 2. The number of carbonyl (C=O) groups excluding carboxylic acids is 1. The molecule has 2 atom stereocenters. The van der Waals surface area contributed by atoms with Crippen LogP contribution in [0.15, 0.2) is 48.5 Å². The molecule has 13 heteroatoms. The number of piperidine rings is 1. The van der Waals surface area contributed by atoms with Crippen molar-refractivity contribution in [3.63, 3.8) is 0 Å². The number of likely N-dealkylation sites (tertiary alicyclic amines) is 1. The molecular weight excluding hydrogens is 499 g/mol. The molecule has 0 saturated carbocycles. The van der Waals surface area contributed by atoms with Gasteiger partial charge in [-0.05, 0) is 40.6 Å². The first kappa shape index (κ1) is 27.2. The van der Waals surface area contributed by atoms with Gasteiger partial charge in [-0.3, -0.25) is 0 Å². The predicted molar refractivity (Wildman–Crippen MR) is 128 cm³/mol. The largest absolute Gasteiger partial charge is 0.496 e. The highest BCUT2D eigenvalue weighted by Gasteiger charge is 2.38. The molecule has 0 spiro atoms. The van der Waals surface area contributed by atoms with Crippen LogP contribution in [0, 0.1) is 0 Å². The minimum Gasteiger partial charge on any atom is -0.496 e. The Morgan fingerprint density at radius 2 is 1.94 bits per heavy atom. The number of hydrogen-bond donors (Lipinski definition) is 2. The number of alkyl halides is 3. The van der Waals surface area contributed by atoms with Crippen LogP contribution < -0.4 is 15.4 Å². The van der Waals surface area contributed by atoms with Gasteiger partial charge in [-0.15, -0.1) is 17.5 Å². The van der Waals surface area contributed by atoms with Crippen LogP contribution >= 0.6 is 12.4 Å². The molecule has 2 heterocycles. The van der Waals surface area contributed by atoms with Crippen LogP contribution in [0.4, 0.5) is 18.0 Å². The van der Waals surface area contributed by atoms with Crippen LogP contribution in [-0.4, -0.2) is 64.4 Å². The highest BCUT2D eigenvalue weighted by atomic mass is 35.5. The van der Waals surface area contributed by atoms with Gasteiger partial charge in [0.05, 0.1) is 12.8 Å². The lowest BCUT2D eigenvalue weighted by Gasteiger charge is -2.39. The quantitative estimate of drug-likeness (QED) is 0.512. The summed E-state index contributed by atoms with van der Waals surface area (Å²) in [6, 6.07) is 14.5. The fraction of sp³-hybridized carbons (Fsp3) is 0.391. The number of nitrogens with zero attached hydrogens (tertiary/aromatic N) is 5. The molecule has 1 aromatic heterocycles. The molecule has 36 heavy (non-hydrogen) atoms. The van der Waals surface area contributed by atoms with Crippen molar-refractivity contribution in [1.29, 1.82) is 0 Å². The van der Waals surface area contributed by atoms with E-state index >= 15 is 0 Å². The Kier molecular flexibility index (Phi) is 8.75. The fourth-order valence-electron chi connectivity index (χ4n) is 4.39. The number of methoxy groups -OCH3 is 1. The molecular formula is C23H27ClF3N7O2. The first-order valence-corrected chi connectivity index (χ1v) is 11.1. The average Bonchev–Trinajstić information content (AvgIpc) is 3.38. The molecule has 9 nitrogen and oxygen atoms in total. The topological polar surface area (TPSA) is 97.2 Å². The number of rotatable bonds is 6. The van der Waals surface area contributed by atoms with Crippen LogP contribution in [-0.2, 0) is 12.7 Å². The van der Waals surface area contributed by atoms with Gasteiger partial charge in [-0.1, -0.05) is 30.3 Å². The Hall–Kier alpha value is -3.38. The molecule has 1 fully saturated rings. The Morgan fingerprint density at radius 3 is 2.61 bits per heavy atom. The normalized spacial score (nSPS) is 17.9. The third-order valence-electron chi connectivity index (χ3n) is 6.13. The van der Waals surface area contributed by atoms with Crippen molar-refractivity contribution in [3.05, 3.63) is 65.5 Å². The van der Waals surface area contributed by atoms with E-state index in [1.54, 1.807) is 24.1 Å². The maximum Gasteiger partial charge on any atom is 0.453 e. The van der Waals surface area contributed by atoms with Gasteiger partial charge in [0.15, 0.2) is 0 Å². The predicted octanol–water partition coefficient (Wildman–Crippen LogP) is 3.40. The van der Waals surface area contributed by atoms with Gasteiger partial charge in [-0.25, -0.2) is 4.79 Å². The minimum atomic E-state index is -4.69. The Bertz CT molecular complexity index is 1160. The molecule has 3 aromatic rings. The Labute approximate surface area is 212 Å². The van der Waals surface area contributed by atoms with E-state index in [1.807, 2.05) is 30.3 Å². The van der Waals surface area contributed by atoms with Crippen molar-refractivity contribution in [2.45, 2.75) is 31.1 Å². The van der Waals surface area contributed by atoms with E-state index in [9.17, 15) is 18.0 Å². The first-order chi connectivity index (χ1) is 16.8. The van der Waals surface area contributed by atoms with Crippen molar-refractivity contribution in [3.8, 4) is 11.4 Å². The zero-order valence-electron chi connectivity index (χ0n) is 19.7. The van der Waals surface area contributed by atoms with Gasteiger partial charge in [0.25, 0.3) is 5.82 Å². The number of urea groups is 1. The number of carbonyl (C=O) groups is 1. The molecule has 4 rings (SSSR count). The number of nitrogens with one attached hydrogen (secondary N) is 2. The summed E-state index contributed by atoms with van der Waals surface area (Å²) in [6.45, 7) is 1.46. The third kappa shape index (κ3) is 5.88. The second-order valence-electron chi connectivity index (χ2n) is 8.20. The highest BCUT2D eigenvalue weighted by Crippen LogP contribution is 2.31. The summed E-state index contributed by atoms with van der Waals surface area (Å²) < 4.78 is 46.0. The van der Waals surface area contributed by atoms with Gasteiger partial charge in [-0.2, -0.15) is 17.9 Å². The van der Waals surface area contributed by atoms with E-state index in [0.717, 1.165) is 5.56 Å². The monoisotopic (exact) mass is 525 g/mol. The zero-order chi connectivity index (χ0) is 25.0. The molecule has 1 aliphatic rings. The second-order valence-corrected chi connectivity index (χ2v) is 8.20. The Morgan fingerprint density at radius 1 is 1.19 bits per heavy atom.